The van der Waals surface area contributed by atoms with Crippen molar-refractivity contribution < 1.29 is 9.53 Å². The summed E-state index contributed by atoms with van der Waals surface area (Å²) in [5.41, 5.74) is 2.47. The molecule has 1 heterocycles. The Morgan fingerprint density at radius 2 is 1.48 bits per heavy atom. The fraction of sp³-hybridized carbons (Fsp3) is 0.458. The molecular weight excluding hydrogens is 433 g/mol. The van der Waals surface area contributed by atoms with Gasteiger partial charge < -0.3 is 15.4 Å². The van der Waals surface area contributed by atoms with Gasteiger partial charge in [0.15, 0.2) is 0 Å². The third-order valence-electron chi connectivity index (χ3n) is 5.64. The van der Waals surface area contributed by atoms with E-state index in [9.17, 15) is 4.79 Å². The second kappa shape index (κ2) is 14.4. The summed E-state index contributed by atoms with van der Waals surface area (Å²) >= 11 is 0. The highest BCUT2D eigenvalue weighted by Gasteiger charge is 2.32. The van der Waals surface area contributed by atoms with Crippen LogP contribution >= 0.6 is 24.8 Å². The molecule has 0 radical (unpaired) electrons. The Labute approximate surface area is 198 Å². The van der Waals surface area contributed by atoms with Gasteiger partial charge in [-0.2, -0.15) is 0 Å². The SMILES string of the molecule is COCC1(CNC(=O)CN(Cc2ccccc2)Cc2ccccc2)CCNCC1.Cl.Cl. The highest BCUT2D eigenvalue weighted by atomic mass is 35.5. The molecule has 0 aliphatic carbocycles. The van der Waals surface area contributed by atoms with Crippen LogP contribution < -0.4 is 10.6 Å². The number of amides is 1. The molecule has 1 fully saturated rings. The van der Waals surface area contributed by atoms with Crippen LogP contribution in [0.2, 0.25) is 0 Å². The first-order valence-electron chi connectivity index (χ1n) is 10.5. The number of carbonyl (C=O) groups excluding carboxylic acids is 1. The summed E-state index contributed by atoms with van der Waals surface area (Å²) in [6.45, 7) is 5.19. The van der Waals surface area contributed by atoms with Gasteiger partial charge in [0.05, 0.1) is 13.2 Å². The second-order valence-electron chi connectivity index (χ2n) is 8.08. The monoisotopic (exact) mass is 467 g/mol. The number of methoxy groups -OCH3 is 1. The van der Waals surface area contributed by atoms with Crippen molar-refractivity contribution in [2.75, 3.05) is 39.9 Å². The molecule has 1 aliphatic heterocycles. The molecule has 1 aliphatic rings. The molecular formula is C24H35Cl2N3O2. The zero-order valence-corrected chi connectivity index (χ0v) is 19.9. The highest BCUT2D eigenvalue weighted by Crippen LogP contribution is 2.28. The van der Waals surface area contributed by atoms with Crippen molar-refractivity contribution in [1.29, 1.82) is 0 Å². The molecule has 2 N–H and O–H groups in total. The van der Waals surface area contributed by atoms with Gasteiger partial charge in [0.2, 0.25) is 5.91 Å². The Morgan fingerprint density at radius 1 is 0.968 bits per heavy atom. The van der Waals surface area contributed by atoms with E-state index < -0.39 is 0 Å². The van der Waals surface area contributed by atoms with E-state index in [2.05, 4.69) is 39.8 Å². The average molecular weight is 468 g/mol. The molecule has 0 atom stereocenters. The minimum atomic E-state index is 0. The van der Waals surface area contributed by atoms with Gasteiger partial charge >= 0.3 is 0 Å². The maximum absolute atomic E-state index is 12.8. The second-order valence-corrected chi connectivity index (χ2v) is 8.08. The number of carbonyl (C=O) groups is 1. The summed E-state index contributed by atoms with van der Waals surface area (Å²) < 4.78 is 5.47. The molecule has 2 aromatic rings. The van der Waals surface area contributed by atoms with Gasteiger partial charge in [-0.3, -0.25) is 9.69 Å². The number of benzene rings is 2. The lowest BCUT2D eigenvalue weighted by Gasteiger charge is -2.37. The molecule has 0 spiro atoms. The van der Waals surface area contributed by atoms with E-state index in [1.807, 2.05) is 36.4 Å². The molecule has 1 saturated heterocycles. The number of nitrogens with one attached hydrogen (secondary N) is 2. The molecule has 0 unspecified atom stereocenters. The molecule has 0 aromatic heterocycles. The largest absolute Gasteiger partial charge is 0.384 e. The maximum atomic E-state index is 12.8. The summed E-state index contributed by atoms with van der Waals surface area (Å²) in [5, 5.41) is 6.59. The minimum absolute atomic E-state index is 0. The third kappa shape index (κ3) is 9.17. The Balaban J connectivity index is 0.00000240. The topological polar surface area (TPSA) is 53.6 Å². The molecule has 0 saturated carbocycles. The van der Waals surface area contributed by atoms with Crippen molar-refractivity contribution in [3.05, 3.63) is 71.8 Å². The van der Waals surface area contributed by atoms with Crippen LogP contribution in [0.4, 0.5) is 0 Å². The van der Waals surface area contributed by atoms with Gasteiger partial charge in [0, 0.05) is 32.2 Å². The predicted molar refractivity (Wildman–Crippen MR) is 131 cm³/mol. The molecule has 31 heavy (non-hydrogen) atoms. The standard InChI is InChI=1S/C24H33N3O2.2ClH/c1-29-20-24(12-14-25-15-13-24)19-26-23(28)18-27(16-21-8-4-2-5-9-21)17-22-10-6-3-7-11-22;;/h2-11,25H,12-20H2,1H3,(H,26,28);2*1H. The van der Waals surface area contributed by atoms with Gasteiger partial charge in [-0.15, -0.1) is 24.8 Å². The van der Waals surface area contributed by atoms with Crippen LogP contribution in [-0.2, 0) is 22.6 Å². The summed E-state index contributed by atoms with van der Waals surface area (Å²) in [5.74, 6) is 0.0749. The maximum Gasteiger partial charge on any atom is 0.234 e. The zero-order chi connectivity index (χ0) is 20.4. The number of hydrogen-bond donors (Lipinski definition) is 2. The molecule has 3 rings (SSSR count). The van der Waals surface area contributed by atoms with Crippen molar-refractivity contribution in [3.8, 4) is 0 Å². The van der Waals surface area contributed by atoms with Crippen LogP contribution in [0.1, 0.15) is 24.0 Å². The number of piperidine rings is 1. The number of rotatable bonds is 10. The van der Waals surface area contributed by atoms with Gasteiger partial charge in [0.1, 0.15) is 0 Å². The van der Waals surface area contributed by atoms with E-state index in [0.717, 1.165) is 39.0 Å². The zero-order valence-electron chi connectivity index (χ0n) is 18.2. The lowest BCUT2D eigenvalue weighted by Crippen LogP contribution is -2.48. The number of halogens is 2. The van der Waals surface area contributed by atoms with Crippen molar-refractivity contribution in [2.24, 2.45) is 5.41 Å². The smallest absolute Gasteiger partial charge is 0.234 e. The first-order valence-corrected chi connectivity index (χ1v) is 10.5. The molecule has 1 amide bonds. The Kier molecular flexibility index (Phi) is 12.8. The molecule has 5 nitrogen and oxygen atoms in total. The van der Waals surface area contributed by atoms with E-state index in [4.69, 9.17) is 4.74 Å². The normalized spacial score (nSPS) is 14.9. The van der Waals surface area contributed by atoms with E-state index in [0.29, 0.717) is 19.7 Å². The van der Waals surface area contributed by atoms with Crippen LogP contribution in [0.3, 0.4) is 0 Å². The van der Waals surface area contributed by atoms with Crippen LogP contribution in [0.25, 0.3) is 0 Å². The van der Waals surface area contributed by atoms with Crippen molar-refractivity contribution >= 4 is 30.7 Å². The first kappa shape index (κ1) is 27.4. The lowest BCUT2D eigenvalue weighted by molar-refractivity contribution is -0.123. The molecule has 172 valence electrons. The minimum Gasteiger partial charge on any atom is -0.384 e. The van der Waals surface area contributed by atoms with Gasteiger partial charge in [-0.05, 0) is 37.1 Å². The van der Waals surface area contributed by atoms with E-state index in [1.54, 1.807) is 7.11 Å². The Morgan fingerprint density at radius 3 is 1.97 bits per heavy atom. The van der Waals surface area contributed by atoms with Crippen molar-refractivity contribution in [2.45, 2.75) is 25.9 Å². The van der Waals surface area contributed by atoms with Crippen molar-refractivity contribution in [1.82, 2.24) is 15.5 Å². The van der Waals surface area contributed by atoms with Crippen LogP contribution in [-0.4, -0.2) is 50.7 Å². The number of nitrogens with zero attached hydrogens (tertiary/aromatic N) is 1. The highest BCUT2D eigenvalue weighted by molar-refractivity contribution is 5.85. The number of hydrogen-bond acceptors (Lipinski definition) is 4. The fourth-order valence-corrected chi connectivity index (χ4v) is 4.03. The third-order valence-corrected chi connectivity index (χ3v) is 5.64. The Bertz CT molecular complexity index is 694. The Hall–Kier alpha value is -1.63. The molecule has 2 aromatic carbocycles. The number of ether oxygens (including phenoxy) is 1. The van der Waals surface area contributed by atoms with Crippen LogP contribution in [0, 0.1) is 5.41 Å². The summed E-state index contributed by atoms with van der Waals surface area (Å²) in [6, 6.07) is 20.7. The summed E-state index contributed by atoms with van der Waals surface area (Å²) in [7, 11) is 1.74. The first-order chi connectivity index (χ1) is 14.2. The predicted octanol–water partition coefficient (Wildman–Crippen LogP) is 3.66. The molecule has 0 bridgehead atoms. The van der Waals surface area contributed by atoms with E-state index in [-0.39, 0.29) is 36.1 Å². The van der Waals surface area contributed by atoms with Crippen LogP contribution in [0.15, 0.2) is 60.7 Å². The summed E-state index contributed by atoms with van der Waals surface area (Å²) in [4.78, 5) is 15.0. The average Bonchev–Trinajstić information content (AvgIpc) is 2.75. The molecule has 7 heteroatoms. The van der Waals surface area contributed by atoms with E-state index in [1.165, 1.54) is 11.1 Å². The van der Waals surface area contributed by atoms with E-state index >= 15 is 0 Å². The van der Waals surface area contributed by atoms with Gasteiger partial charge in [-0.25, -0.2) is 0 Å². The van der Waals surface area contributed by atoms with Gasteiger partial charge in [0.25, 0.3) is 0 Å². The van der Waals surface area contributed by atoms with Crippen LogP contribution in [0.5, 0.6) is 0 Å². The fourth-order valence-electron chi connectivity index (χ4n) is 4.03. The lowest BCUT2D eigenvalue weighted by atomic mass is 9.79. The van der Waals surface area contributed by atoms with Gasteiger partial charge in [-0.1, -0.05) is 60.7 Å². The quantitative estimate of drug-likeness (QED) is 0.559. The van der Waals surface area contributed by atoms with Crippen molar-refractivity contribution in [3.63, 3.8) is 0 Å². The summed E-state index contributed by atoms with van der Waals surface area (Å²) in [6.07, 6.45) is 2.05.